The van der Waals surface area contributed by atoms with Crippen LogP contribution in [0.25, 0.3) is 16.6 Å². The van der Waals surface area contributed by atoms with E-state index < -0.39 is 0 Å². The molecule has 2 heterocycles. The molecule has 0 atom stereocenters. The Morgan fingerprint density at radius 2 is 1.96 bits per heavy atom. The lowest BCUT2D eigenvalue weighted by molar-refractivity contribution is 0.325. The Morgan fingerprint density at radius 1 is 1.12 bits per heavy atom. The molecule has 7 heteroatoms. The minimum absolute atomic E-state index is 0.501. The van der Waals surface area contributed by atoms with Gasteiger partial charge in [-0.1, -0.05) is 29.8 Å². The lowest BCUT2D eigenvalue weighted by Crippen LogP contribution is -2.27. The second-order valence-corrected chi connectivity index (χ2v) is 6.49. The molecule has 132 valence electrons. The van der Waals surface area contributed by atoms with E-state index in [-0.39, 0.29) is 0 Å². The number of halogens is 1. The van der Waals surface area contributed by atoms with Crippen LogP contribution < -0.4 is 9.64 Å². The van der Waals surface area contributed by atoms with Gasteiger partial charge in [-0.25, -0.2) is 9.97 Å². The van der Waals surface area contributed by atoms with Crippen molar-refractivity contribution in [2.75, 3.05) is 25.1 Å². The Hall–Kier alpha value is -2.86. The summed E-state index contributed by atoms with van der Waals surface area (Å²) in [5, 5.41) is 6.15. The molecule has 2 aromatic heterocycles. The van der Waals surface area contributed by atoms with Crippen LogP contribution in [0.4, 0.5) is 5.95 Å². The van der Waals surface area contributed by atoms with Gasteiger partial charge in [0.05, 0.1) is 12.1 Å². The zero-order valence-corrected chi connectivity index (χ0v) is 15.3. The fourth-order valence-corrected chi connectivity index (χ4v) is 3.03. The summed E-state index contributed by atoms with van der Waals surface area (Å²) < 4.78 is 7.57. The second kappa shape index (κ2) is 6.80. The van der Waals surface area contributed by atoms with Crippen molar-refractivity contribution in [3.05, 3.63) is 59.4 Å². The summed E-state index contributed by atoms with van der Waals surface area (Å²) in [6.45, 7) is 3.03. The number of benzene rings is 2. The summed E-state index contributed by atoms with van der Waals surface area (Å²) in [4.78, 5) is 11.3. The maximum Gasteiger partial charge on any atom is 0.229 e. The summed E-state index contributed by atoms with van der Waals surface area (Å²) in [7, 11) is 1.97. The van der Waals surface area contributed by atoms with Crippen LogP contribution in [0.3, 0.4) is 0 Å². The first-order chi connectivity index (χ1) is 12.6. The number of rotatable bonds is 5. The third-order valence-corrected chi connectivity index (χ3v) is 4.34. The monoisotopic (exact) mass is 367 g/mol. The van der Waals surface area contributed by atoms with Gasteiger partial charge < -0.3 is 9.64 Å². The third-order valence-electron chi connectivity index (χ3n) is 4.10. The van der Waals surface area contributed by atoms with Gasteiger partial charge in [-0.15, -0.1) is 5.10 Å². The van der Waals surface area contributed by atoms with Crippen molar-refractivity contribution >= 4 is 34.1 Å². The van der Waals surface area contributed by atoms with Crippen LogP contribution in [0.1, 0.15) is 5.82 Å². The molecular weight excluding hydrogens is 350 g/mol. The van der Waals surface area contributed by atoms with Crippen molar-refractivity contribution in [1.29, 1.82) is 0 Å². The first-order valence-electron chi connectivity index (χ1n) is 8.33. The molecule has 0 unspecified atom stereocenters. The smallest absolute Gasteiger partial charge is 0.229 e. The number of aryl methyl sites for hydroxylation is 1. The summed E-state index contributed by atoms with van der Waals surface area (Å²) in [5.74, 6) is 2.20. The molecule has 6 nitrogen and oxygen atoms in total. The number of aromatic nitrogens is 4. The standard InChI is InChI=1S/C19H18ClN5O/c1-13-21-18-16-8-3-4-9-17(16)22-19(25(18)23-13)24(2)10-11-26-15-7-5-6-14(20)12-15/h3-9,12H,10-11H2,1-2H3. The number of para-hydroxylation sites is 1. The summed E-state index contributed by atoms with van der Waals surface area (Å²) in [6.07, 6.45) is 0. The van der Waals surface area contributed by atoms with E-state index in [2.05, 4.69) is 10.1 Å². The van der Waals surface area contributed by atoms with Gasteiger partial charge in [0.1, 0.15) is 18.2 Å². The molecule has 0 aliphatic rings. The molecule has 4 rings (SSSR count). The molecule has 0 spiro atoms. The van der Waals surface area contributed by atoms with Crippen molar-refractivity contribution in [3.63, 3.8) is 0 Å². The zero-order chi connectivity index (χ0) is 18.1. The van der Waals surface area contributed by atoms with Crippen LogP contribution in [-0.4, -0.2) is 39.8 Å². The van der Waals surface area contributed by atoms with E-state index in [1.807, 2.05) is 61.3 Å². The lowest BCUT2D eigenvalue weighted by Gasteiger charge is -2.19. The second-order valence-electron chi connectivity index (χ2n) is 6.05. The Balaban J connectivity index is 1.60. The van der Waals surface area contributed by atoms with E-state index in [1.54, 1.807) is 10.6 Å². The number of nitrogens with zero attached hydrogens (tertiary/aromatic N) is 5. The van der Waals surface area contributed by atoms with E-state index in [4.69, 9.17) is 21.3 Å². The quantitative estimate of drug-likeness (QED) is 0.537. The van der Waals surface area contributed by atoms with Gasteiger partial charge in [-0.05, 0) is 37.3 Å². The lowest BCUT2D eigenvalue weighted by atomic mass is 10.2. The van der Waals surface area contributed by atoms with Crippen LogP contribution in [0.2, 0.25) is 5.02 Å². The average Bonchev–Trinajstić information content (AvgIpc) is 3.02. The fourth-order valence-electron chi connectivity index (χ4n) is 2.85. The Morgan fingerprint density at radius 3 is 2.81 bits per heavy atom. The van der Waals surface area contributed by atoms with Crippen molar-refractivity contribution in [2.45, 2.75) is 6.92 Å². The Kier molecular flexibility index (Phi) is 4.34. The van der Waals surface area contributed by atoms with E-state index in [1.165, 1.54) is 0 Å². The summed E-state index contributed by atoms with van der Waals surface area (Å²) in [5.41, 5.74) is 1.70. The molecule has 0 amide bonds. The molecule has 4 aromatic rings. The molecule has 0 saturated carbocycles. The van der Waals surface area contributed by atoms with Crippen molar-refractivity contribution < 1.29 is 4.74 Å². The first kappa shape index (κ1) is 16.6. The number of anilines is 1. The highest BCUT2D eigenvalue weighted by Gasteiger charge is 2.14. The minimum atomic E-state index is 0.501. The van der Waals surface area contributed by atoms with Gasteiger partial charge in [0.15, 0.2) is 5.65 Å². The molecule has 0 aliphatic carbocycles. The first-order valence-corrected chi connectivity index (χ1v) is 8.71. The van der Waals surface area contributed by atoms with Gasteiger partial charge in [0.2, 0.25) is 5.95 Å². The van der Waals surface area contributed by atoms with E-state index in [0.29, 0.717) is 24.0 Å². The number of likely N-dealkylation sites (N-methyl/N-ethyl adjacent to an activating group) is 1. The number of ether oxygens (including phenoxy) is 1. The molecule has 0 N–H and O–H groups in total. The molecule has 26 heavy (non-hydrogen) atoms. The van der Waals surface area contributed by atoms with Gasteiger partial charge in [-0.3, -0.25) is 0 Å². The average molecular weight is 368 g/mol. The molecule has 2 aromatic carbocycles. The maximum atomic E-state index is 5.99. The fraction of sp³-hybridized carbons (Fsp3) is 0.211. The van der Waals surface area contributed by atoms with Crippen LogP contribution in [0.15, 0.2) is 48.5 Å². The minimum Gasteiger partial charge on any atom is -0.492 e. The highest BCUT2D eigenvalue weighted by atomic mass is 35.5. The molecular formula is C19H18ClN5O. The molecule has 0 radical (unpaired) electrons. The highest BCUT2D eigenvalue weighted by molar-refractivity contribution is 6.30. The summed E-state index contributed by atoms with van der Waals surface area (Å²) in [6, 6.07) is 15.3. The largest absolute Gasteiger partial charge is 0.492 e. The van der Waals surface area contributed by atoms with Crippen molar-refractivity contribution in [2.24, 2.45) is 0 Å². The highest BCUT2D eigenvalue weighted by Crippen LogP contribution is 2.22. The molecule has 0 fully saturated rings. The van der Waals surface area contributed by atoms with E-state index in [9.17, 15) is 0 Å². The third kappa shape index (κ3) is 3.15. The van der Waals surface area contributed by atoms with Crippen LogP contribution in [-0.2, 0) is 0 Å². The van der Waals surface area contributed by atoms with E-state index >= 15 is 0 Å². The topological polar surface area (TPSA) is 55.5 Å². The van der Waals surface area contributed by atoms with Gasteiger partial charge in [0.25, 0.3) is 0 Å². The SMILES string of the molecule is Cc1nc2c3ccccc3nc(N(C)CCOc3cccc(Cl)c3)n2n1. The molecule has 0 aliphatic heterocycles. The predicted octanol–water partition coefficient (Wildman–Crippen LogP) is 3.75. The zero-order valence-electron chi connectivity index (χ0n) is 14.6. The normalized spacial score (nSPS) is 11.2. The maximum absolute atomic E-state index is 5.99. The van der Waals surface area contributed by atoms with Gasteiger partial charge >= 0.3 is 0 Å². The van der Waals surface area contributed by atoms with Gasteiger partial charge in [0, 0.05) is 17.5 Å². The van der Waals surface area contributed by atoms with Crippen LogP contribution in [0, 0.1) is 6.92 Å². The Labute approximate surface area is 156 Å². The molecule has 0 saturated heterocycles. The number of hydrogen-bond donors (Lipinski definition) is 0. The molecule has 0 bridgehead atoms. The number of hydrogen-bond acceptors (Lipinski definition) is 5. The van der Waals surface area contributed by atoms with E-state index in [0.717, 1.165) is 28.2 Å². The van der Waals surface area contributed by atoms with Gasteiger partial charge in [-0.2, -0.15) is 4.52 Å². The van der Waals surface area contributed by atoms with Crippen molar-refractivity contribution in [1.82, 2.24) is 19.6 Å². The summed E-state index contributed by atoms with van der Waals surface area (Å²) >= 11 is 5.99. The van der Waals surface area contributed by atoms with Crippen LogP contribution >= 0.6 is 11.6 Å². The van der Waals surface area contributed by atoms with Crippen molar-refractivity contribution in [3.8, 4) is 5.75 Å². The Bertz CT molecular complexity index is 1080. The predicted molar refractivity (Wildman–Crippen MR) is 103 cm³/mol. The number of fused-ring (bicyclic) bond motifs is 3. The van der Waals surface area contributed by atoms with Crippen LogP contribution in [0.5, 0.6) is 5.75 Å².